The number of rotatable bonds is 3. The largest absolute Gasteiger partial charge is 0.373 e. The van der Waals surface area contributed by atoms with Gasteiger partial charge in [0.25, 0.3) is 0 Å². The van der Waals surface area contributed by atoms with Crippen molar-refractivity contribution in [2.45, 2.75) is 25.0 Å². The molecule has 1 aliphatic rings. The lowest BCUT2D eigenvalue weighted by molar-refractivity contribution is 0.0320. The molecule has 0 bridgehead atoms. The Labute approximate surface area is 134 Å². The normalized spacial score (nSPS) is 19.1. The zero-order valence-electron chi connectivity index (χ0n) is 11.6. The number of nitrogens with two attached hydrogens (primary N) is 1. The first-order valence-corrected chi connectivity index (χ1v) is 7.80. The molecule has 4 heteroatoms. The van der Waals surface area contributed by atoms with Gasteiger partial charge in [-0.25, -0.2) is 0 Å². The number of benzene rings is 2. The standard InChI is InChI=1S/C17H17Cl2NO/c18-14-6-5-12(9-15(14)19)16(20)10-17-13-4-2-1-3-11(13)7-8-21-17/h1-6,9,16-17H,7-8,10,20H2. The van der Waals surface area contributed by atoms with E-state index in [4.69, 9.17) is 33.7 Å². The van der Waals surface area contributed by atoms with Crippen LogP contribution in [0.4, 0.5) is 0 Å². The molecule has 0 spiro atoms. The first kappa shape index (κ1) is 14.9. The molecular formula is C17H17Cl2NO. The molecule has 0 aromatic heterocycles. The minimum Gasteiger partial charge on any atom is -0.373 e. The van der Waals surface area contributed by atoms with Gasteiger partial charge in [-0.2, -0.15) is 0 Å². The van der Waals surface area contributed by atoms with Crippen molar-refractivity contribution in [3.8, 4) is 0 Å². The molecule has 2 N–H and O–H groups in total. The summed E-state index contributed by atoms with van der Waals surface area (Å²) in [7, 11) is 0. The second kappa shape index (κ2) is 6.37. The fraction of sp³-hybridized carbons (Fsp3) is 0.294. The highest BCUT2D eigenvalue weighted by Gasteiger charge is 2.23. The van der Waals surface area contributed by atoms with Crippen LogP contribution in [-0.2, 0) is 11.2 Å². The lowest BCUT2D eigenvalue weighted by Crippen LogP contribution is -2.21. The Kier molecular flexibility index (Phi) is 4.51. The van der Waals surface area contributed by atoms with E-state index in [1.807, 2.05) is 18.2 Å². The summed E-state index contributed by atoms with van der Waals surface area (Å²) in [6, 6.07) is 13.8. The van der Waals surface area contributed by atoms with Crippen LogP contribution in [0, 0.1) is 0 Å². The van der Waals surface area contributed by atoms with Gasteiger partial charge in [-0.1, -0.05) is 53.5 Å². The van der Waals surface area contributed by atoms with Crippen molar-refractivity contribution in [3.05, 3.63) is 69.2 Å². The van der Waals surface area contributed by atoms with Crippen molar-refractivity contribution in [3.63, 3.8) is 0 Å². The number of ether oxygens (including phenoxy) is 1. The van der Waals surface area contributed by atoms with Crippen LogP contribution in [0.15, 0.2) is 42.5 Å². The number of fused-ring (bicyclic) bond motifs is 1. The Morgan fingerprint density at radius 1 is 1.14 bits per heavy atom. The Balaban J connectivity index is 1.79. The molecule has 0 saturated heterocycles. The molecule has 0 fully saturated rings. The van der Waals surface area contributed by atoms with Gasteiger partial charge in [0.1, 0.15) is 0 Å². The Hall–Kier alpha value is -1.06. The zero-order valence-corrected chi connectivity index (χ0v) is 13.1. The highest BCUT2D eigenvalue weighted by atomic mass is 35.5. The van der Waals surface area contributed by atoms with E-state index in [1.54, 1.807) is 6.07 Å². The van der Waals surface area contributed by atoms with Crippen LogP contribution in [0.2, 0.25) is 10.0 Å². The molecule has 2 atom stereocenters. The summed E-state index contributed by atoms with van der Waals surface area (Å²) in [4.78, 5) is 0. The van der Waals surface area contributed by atoms with Crippen LogP contribution in [0.3, 0.4) is 0 Å². The predicted molar refractivity (Wildman–Crippen MR) is 86.8 cm³/mol. The lowest BCUT2D eigenvalue weighted by Gasteiger charge is -2.28. The molecule has 0 aliphatic carbocycles. The van der Waals surface area contributed by atoms with E-state index in [1.165, 1.54) is 11.1 Å². The third-order valence-corrected chi connectivity index (χ3v) is 4.67. The van der Waals surface area contributed by atoms with E-state index < -0.39 is 0 Å². The fourth-order valence-corrected chi connectivity index (χ4v) is 3.09. The molecule has 110 valence electrons. The molecule has 21 heavy (non-hydrogen) atoms. The molecule has 3 rings (SSSR count). The maximum absolute atomic E-state index is 6.32. The smallest absolute Gasteiger partial charge is 0.0845 e. The highest BCUT2D eigenvalue weighted by Crippen LogP contribution is 2.34. The summed E-state index contributed by atoms with van der Waals surface area (Å²) < 4.78 is 5.91. The summed E-state index contributed by atoms with van der Waals surface area (Å²) >= 11 is 12.0. The molecular weight excluding hydrogens is 305 g/mol. The quantitative estimate of drug-likeness (QED) is 0.889. The van der Waals surface area contributed by atoms with Crippen LogP contribution >= 0.6 is 23.2 Å². The first-order chi connectivity index (χ1) is 10.1. The second-order valence-electron chi connectivity index (χ2n) is 5.32. The van der Waals surface area contributed by atoms with E-state index >= 15 is 0 Å². The number of halogens is 2. The molecule has 2 unspecified atom stereocenters. The van der Waals surface area contributed by atoms with E-state index in [-0.39, 0.29) is 12.1 Å². The Morgan fingerprint density at radius 2 is 1.95 bits per heavy atom. The summed E-state index contributed by atoms with van der Waals surface area (Å²) in [5.74, 6) is 0. The van der Waals surface area contributed by atoms with Gasteiger partial charge in [0.15, 0.2) is 0 Å². The average Bonchev–Trinajstić information content (AvgIpc) is 2.50. The molecule has 0 saturated carbocycles. The Bertz CT molecular complexity index is 644. The van der Waals surface area contributed by atoms with Crippen LogP contribution < -0.4 is 5.73 Å². The summed E-state index contributed by atoms with van der Waals surface area (Å²) in [5, 5.41) is 1.08. The lowest BCUT2D eigenvalue weighted by atomic mass is 9.92. The van der Waals surface area contributed by atoms with Crippen molar-refractivity contribution in [1.82, 2.24) is 0 Å². The van der Waals surface area contributed by atoms with Crippen molar-refractivity contribution in [2.75, 3.05) is 6.61 Å². The summed E-state index contributed by atoms with van der Waals surface area (Å²) in [6.07, 6.45) is 1.74. The molecule has 2 nitrogen and oxygen atoms in total. The van der Waals surface area contributed by atoms with Gasteiger partial charge in [0.05, 0.1) is 22.8 Å². The fourth-order valence-electron chi connectivity index (χ4n) is 2.78. The van der Waals surface area contributed by atoms with Gasteiger partial charge in [0.2, 0.25) is 0 Å². The maximum atomic E-state index is 6.32. The van der Waals surface area contributed by atoms with E-state index in [0.717, 1.165) is 25.0 Å². The zero-order chi connectivity index (χ0) is 14.8. The third-order valence-electron chi connectivity index (χ3n) is 3.93. The van der Waals surface area contributed by atoms with Gasteiger partial charge >= 0.3 is 0 Å². The van der Waals surface area contributed by atoms with Crippen molar-refractivity contribution in [2.24, 2.45) is 5.73 Å². The van der Waals surface area contributed by atoms with Gasteiger partial charge < -0.3 is 10.5 Å². The van der Waals surface area contributed by atoms with Gasteiger partial charge in [-0.15, -0.1) is 0 Å². The van der Waals surface area contributed by atoms with Crippen LogP contribution in [0.5, 0.6) is 0 Å². The van der Waals surface area contributed by atoms with E-state index in [0.29, 0.717) is 10.0 Å². The SMILES string of the molecule is NC(CC1OCCc2ccccc21)c1ccc(Cl)c(Cl)c1. The first-order valence-electron chi connectivity index (χ1n) is 7.05. The van der Waals surface area contributed by atoms with Crippen molar-refractivity contribution < 1.29 is 4.74 Å². The molecule has 2 aromatic carbocycles. The molecule has 0 amide bonds. The third kappa shape index (κ3) is 3.24. The minimum atomic E-state index is -0.129. The maximum Gasteiger partial charge on any atom is 0.0845 e. The van der Waals surface area contributed by atoms with Gasteiger partial charge in [-0.05, 0) is 41.7 Å². The van der Waals surface area contributed by atoms with Crippen molar-refractivity contribution in [1.29, 1.82) is 0 Å². The second-order valence-corrected chi connectivity index (χ2v) is 6.14. The van der Waals surface area contributed by atoms with Crippen LogP contribution in [0.1, 0.15) is 35.3 Å². The topological polar surface area (TPSA) is 35.2 Å². The van der Waals surface area contributed by atoms with Gasteiger partial charge in [0, 0.05) is 6.04 Å². The number of hydrogen-bond acceptors (Lipinski definition) is 2. The van der Waals surface area contributed by atoms with Crippen LogP contribution in [-0.4, -0.2) is 6.61 Å². The van der Waals surface area contributed by atoms with Gasteiger partial charge in [-0.3, -0.25) is 0 Å². The molecule has 1 aliphatic heterocycles. The summed E-state index contributed by atoms with van der Waals surface area (Å²) in [6.45, 7) is 0.746. The molecule has 1 heterocycles. The highest BCUT2D eigenvalue weighted by molar-refractivity contribution is 6.42. The number of hydrogen-bond donors (Lipinski definition) is 1. The monoisotopic (exact) mass is 321 g/mol. The predicted octanol–water partition coefficient (Wildman–Crippen LogP) is 4.70. The minimum absolute atomic E-state index is 0.0411. The average molecular weight is 322 g/mol. The molecule has 0 radical (unpaired) electrons. The van der Waals surface area contributed by atoms with E-state index in [2.05, 4.69) is 18.2 Å². The summed E-state index contributed by atoms with van der Waals surface area (Å²) in [5.41, 5.74) is 9.91. The van der Waals surface area contributed by atoms with Crippen molar-refractivity contribution >= 4 is 23.2 Å². The van der Waals surface area contributed by atoms with Crippen LogP contribution in [0.25, 0.3) is 0 Å². The Morgan fingerprint density at radius 3 is 2.76 bits per heavy atom. The van der Waals surface area contributed by atoms with E-state index in [9.17, 15) is 0 Å². The molecule has 2 aromatic rings.